The Labute approximate surface area is 178 Å². The number of nitrogens with one attached hydrogen (secondary N) is 1. The number of amides is 1. The monoisotopic (exact) mass is 443 g/mol. The minimum absolute atomic E-state index is 0.0519. The third-order valence-corrected chi connectivity index (χ3v) is 7.75. The molecule has 5 rings (SSSR count). The van der Waals surface area contributed by atoms with Crippen LogP contribution in [0.2, 0.25) is 5.02 Å². The van der Waals surface area contributed by atoms with E-state index in [9.17, 15) is 18.3 Å². The molecule has 2 aromatic carbocycles. The quantitative estimate of drug-likeness (QED) is 0.647. The first-order valence-corrected chi connectivity index (χ1v) is 11.7. The first-order chi connectivity index (χ1) is 14.4. The Kier molecular flexibility index (Phi) is 4.37. The molecule has 2 N–H and O–H groups in total. The largest absolute Gasteiger partial charge is 0.507 e. The molecular formula is C21H18ClN3O4S. The van der Waals surface area contributed by atoms with Gasteiger partial charge < -0.3 is 10.0 Å². The summed E-state index contributed by atoms with van der Waals surface area (Å²) in [7, 11) is -3.19. The van der Waals surface area contributed by atoms with Gasteiger partial charge in [-0.25, -0.2) is 8.42 Å². The van der Waals surface area contributed by atoms with Gasteiger partial charge >= 0.3 is 0 Å². The smallest absolute Gasteiger partial charge is 0.273 e. The molecule has 0 radical (unpaired) electrons. The van der Waals surface area contributed by atoms with E-state index < -0.39 is 21.9 Å². The minimum Gasteiger partial charge on any atom is -0.507 e. The number of para-hydroxylation sites is 1. The zero-order valence-corrected chi connectivity index (χ0v) is 17.3. The summed E-state index contributed by atoms with van der Waals surface area (Å²) >= 11 is 6.06. The predicted octanol–water partition coefficient (Wildman–Crippen LogP) is 3.17. The minimum atomic E-state index is -3.19. The fourth-order valence-corrected chi connectivity index (χ4v) is 6.23. The number of rotatable bonds is 3. The van der Waals surface area contributed by atoms with Crippen LogP contribution in [0.25, 0.3) is 11.3 Å². The molecule has 1 aromatic heterocycles. The highest BCUT2D eigenvalue weighted by Gasteiger charge is 2.48. The lowest BCUT2D eigenvalue weighted by Gasteiger charge is -2.31. The van der Waals surface area contributed by atoms with Crippen LogP contribution in [0.5, 0.6) is 5.75 Å². The first kappa shape index (κ1) is 19.1. The van der Waals surface area contributed by atoms with E-state index in [4.69, 9.17) is 11.6 Å². The summed E-state index contributed by atoms with van der Waals surface area (Å²) < 4.78 is 24.3. The molecule has 9 heteroatoms. The maximum absolute atomic E-state index is 13.3. The van der Waals surface area contributed by atoms with Crippen molar-refractivity contribution in [1.29, 1.82) is 0 Å². The molecular weight excluding hydrogens is 426 g/mol. The molecule has 0 spiro atoms. The normalized spacial score (nSPS) is 22.4. The second-order valence-corrected chi connectivity index (χ2v) is 10.3. The molecule has 0 unspecified atom stereocenters. The molecule has 2 aliphatic heterocycles. The first-order valence-electron chi connectivity index (χ1n) is 9.51. The number of carbonyl (C=O) groups excluding carboxylic acids is 1. The Hall–Kier alpha value is -2.84. The van der Waals surface area contributed by atoms with Gasteiger partial charge in [0.15, 0.2) is 9.84 Å². The van der Waals surface area contributed by atoms with Crippen molar-refractivity contribution < 1.29 is 18.3 Å². The van der Waals surface area contributed by atoms with Gasteiger partial charge in [0.25, 0.3) is 5.91 Å². The lowest BCUT2D eigenvalue weighted by atomic mass is 9.95. The van der Waals surface area contributed by atoms with Gasteiger partial charge in [-0.1, -0.05) is 35.9 Å². The molecule has 7 nitrogen and oxygen atoms in total. The Morgan fingerprint density at radius 3 is 2.53 bits per heavy atom. The Morgan fingerprint density at radius 2 is 1.87 bits per heavy atom. The van der Waals surface area contributed by atoms with Gasteiger partial charge in [0.2, 0.25) is 0 Å². The van der Waals surface area contributed by atoms with Gasteiger partial charge in [-0.2, -0.15) is 5.10 Å². The zero-order chi connectivity index (χ0) is 21.0. The summed E-state index contributed by atoms with van der Waals surface area (Å²) in [6.07, 6.45) is 0.391. The van der Waals surface area contributed by atoms with Gasteiger partial charge in [-0.05, 0) is 36.2 Å². The van der Waals surface area contributed by atoms with Crippen molar-refractivity contribution in [3.8, 4) is 17.0 Å². The number of aromatic hydroxyl groups is 1. The molecule has 1 saturated heterocycles. The second kappa shape index (κ2) is 6.85. The average molecular weight is 444 g/mol. The van der Waals surface area contributed by atoms with E-state index in [0.717, 1.165) is 5.56 Å². The molecule has 30 heavy (non-hydrogen) atoms. The van der Waals surface area contributed by atoms with E-state index in [2.05, 4.69) is 10.2 Å². The van der Waals surface area contributed by atoms with E-state index in [1.54, 1.807) is 41.3 Å². The van der Waals surface area contributed by atoms with Crippen molar-refractivity contribution in [2.75, 3.05) is 11.5 Å². The highest BCUT2D eigenvalue weighted by molar-refractivity contribution is 7.91. The van der Waals surface area contributed by atoms with E-state index in [1.807, 2.05) is 12.1 Å². The number of benzene rings is 2. The Morgan fingerprint density at radius 1 is 1.13 bits per heavy atom. The number of sulfone groups is 1. The summed E-state index contributed by atoms with van der Waals surface area (Å²) in [5.74, 6) is -0.239. The number of carbonyl (C=O) groups is 1. The third-order valence-electron chi connectivity index (χ3n) is 5.75. The number of nitrogens with zero attached hydrogens (tertiary/aromatic N) is 2. The van der Waals surface area contributed by atoms with Gasteiger partial charge in [-0.15, -0.1) is 0 Å². The molecule has 0 saturated carbocycles. The number of halogens is 1. The summed E-state index contributed by atoms with van der Waals surface area (Å²) in [5, 5.41) is 18.1. The highest BCUT2D eigenvalue weighted by Crippen LogP contribution is 2.46. The number of phenols is 1. The fraction of sp³-hybridized carbons (Fsp3) is 0.238. The predicted molar refractivity (Wildman–Crippen MR) is 112 cm³/mol. The van der Waals surface area contributed by atoms with E-state index in [-0.39, 0.29) is 23.2 Å². The van der Waals surface area contributed by atoms with Crippen molar-refractivity contribution in [1.82, 2.24) is 15.1 Å². The van der Waals surface area contributed by atoms with Gasteiger partial charge in [0.05, 0.1) is 17.5 Å². The molecule has 3 aromatic rings. The maximum Gasteiger partial charge on any atom is 0.273 e. The lowest BCUT2D eigenvalue weighted by Crippen LogP contribution is -2.40. The number of hydrogen-bond donors (Lipinski definition) is 2. The molecule has 1 amide bonds. The number of H-pyrrole nitrogens is 1. The standard InChI is InChI=1S/C21H18ClN3O4S/c22-13-7-5-12(6-8-13)20-17-18(15-3-1-2-4-16(15)26)23-24-19(17)21(27)25(20)14-9-10-30(28,29)11-14/h1-8,14,20,26H,9-11H2,(H,23,24)/t14-,20-/m1/s1. The molecule has 3 heterocycles. The number of aromatic amines is 1. The highest BCUT2D eigenvalue weighted by atomic mass is 35.5. The second-order valence-electron chi connectivity index (χ2n) is 7.60. The number of fused-ring (bicyclic) bond motifs is 1. The van der Waals surface area contributed by atoms with Crippen LogP contribution in [0.1, 0.15) is 34.1 Å². The SMILES string of the molecule is O=C1c2[nH]nc(-c3ccccc3O)c2[C@@H](c2ccc(Cl)cc2)N1[C@@H]1CCS(=O)(=O)C1. The molecule has 154 valence electrons. The van der Waals surface area contributed by atoms with Crippen LogP contribution in [-0.4, -0.2) is 52.1 Å². The van der Waals surface area contributed by atoms with E-state index >= 15 is 0 Å². The van der Waals surface area contributed by atoms with Crippen molar-refractivity contribution in [2.45, 2.75) is 18.5 Å². The Balaban J connectivity index is 1.69. The van der Waals surface area contributed by atoms with E-state index in [1.165, 1.54) is 0 Å². The summed E-state index contributed by atoms with van der Waals surface area (Å²) in [6.45, 7) is 0. The lowest BCUT2D eigenvalue weighted by molar-refractivity contribution is 0.0678. The zero-order valence-electron chi connectivity index (χ0n) is 15.7. The molecule has 0 bridgehead atoms. The summed E-state index contributed by atoms with van der Waals surface area (Å²) in [6, 6.07) is 13.0. The van der Waals surface area contributed by atoms with Gasteiger partial charge in [0, 0.05) is 22.2 Å². The molecule has 1 fully saturated rings. The topological polar surface area (TPSA) is 103 Å². The van der Waals surface area contributed by atoms with Crippen molar-refractivity contribution >= 4 is 27.3 Å². The van der Waals surface area contributed by atoms with Crippen LogP contribution in [0, 0.1) is 0 Å². The van der Waals surface area contributed by atoms with Crippen LogP contribution >= 0.6 is 11.6 Å². The number of phenolic OH excluding ortho intramolecular Hbond substituents is 1. The van der Waals surface area contributed by atoms with Gasteiger partial charge in [-0.3, -0.25) is 9.89 Å². The molecule has 2 atom stereocenters. The van der Waals surface area contributed by atoms with Crippen molar-refractivity contribution in [3.05, 3.63) is 70.4 Å². The number of hydrogen-bond acceptors (Lipinski definition) is 5. The number of aromatic nitrogens is 2. The van der Waals surface area contributed by atoms with Crippen LogP contribution in [0.3, 0.4) is 0 Å². The Bertz CT molecular complexity index is 1250. The van der Waals surface area contributed by atoms with Crippen molar-refractivity contribution in [2.24, 2.45) is 0 Å². The summed E-state index contributed by atoms with van der Waals surface area (Å²) in [4.78, 5) is 15.0. The summed E-state index contributed by atoms with van der Waals surface area (Å²) in [5.41, 5.74) is 2.72. The maximum atomic E-state index is 13.3. The van der Waals surface area contributed by atoms with Gasteiger partial charge in [0.1, 0.15) is 17.1 Å². The van der Waals surface area contributed by atoms with Crippen LogP contribution < -0.4 is 0 Å². The molecule has 0 aliphatic carbocycles. The third kappa shape index (κ3) is 2.98. The van der Waals surface area contributed by atoms with E-state index in [0.29, 0.717) is 34.0 Å². The van der Waals surface area contributed by atoms with Crippen molar-refractivity contribution in [3.63, 3.8) is 0 Å². The fourth-order valence-electron chi connectivity index (χ4n) is 4.39. The van der Waals surface area contributed by atoms with Crippen LogP contribution in [-0.2, 0) is 9.84 Å². The molecule has 2 aliphatic rings. The average Bonchev–Trinajstić information content (AvgIpc) is 3.37. The van der Waals surface area contributed by atoms with Crippen LogP contribution in [0.15, 0.2) is 48.5 Å². The van der Waals surface area contributed by atoms with Crippen LogP contribution in [0.4, 0.5) is 0 Å².